The molecule has 36 heavy (non-hydrogen) atoms. The van der Waals surface area contributed by atoms with Crippen LogP contribution in [0.3, 0.4) is 0 Å². The third kappa shape index (κ3) is 4.96. The minimum Gasteiger partial charge on any atom is -0.472 e. The monoisotopic (exact) mass is 539 g/mol. The van der Waals surface area contributed by atoms with Gasteiger partial charge < -0.3 is 4.74 Å². The molecule has 0 aliphatic carbocycles. The molecule has 0 spiro atoms. The first-order valence-corrected chi connectivity index (χ1v) is 13.6. The highest BCUT2D eigenvalue weighted by Gasteiger charge is 2.25. The molecule has 9 heteroatoms. The molecule has 1 unspecified atom stereocenters. The molecule has 0 N–H and O–H groups in total. The van der Waals surface area contributed by atoms with Crippen molar-refractivity contribution in [2.45, 2.75) is 25.9 Å². The molecule has 1 fully saturated rings. The van der Waals surface area contributed by atoms with E-state index in [9.17, 15) is 9.00 Å². The van der Waals surface area contributed by atoms with Crippen LogP contribution in [0.1, 0.15) is 40.7 Å². The fraction of sp³-hybridized carbons (Fsp3) is 0.222. The number of halogens is 2. The van der Waals surface area contributed by atoms with Crippen molar-refractivity contribution in [2.75, 3.05) is 5.75 Å². The number of benzene rings is 3. The summed E-state index contributed by atoms with van der Waals surface area (Å²) in [4.78, 5) is 18.0. The van der Waals surface area contributed by atoms with E-state index in [4.69, 9.17) is 27.9 Å². The molecule has 0 radical (unpaired) electrons. The zero-order valence-electron chi connectivity index (χ0n) is 19.5. The van der Waals surface area contributed by atoms with Crippen molar-refractivity contribution in [3.05, 3.63) is 87.5 Å². The van der Waals surface area contributed by atoms with Crippen molar-refractivity contribution in [3.8, 4) is 5.88 Å². The molecule has 1 aliphatic heterocycles. The van der Waals surface area contributed by atoms with Crippen LogP contribution in [-0.4, -0.2) is 30.6 Å². The summed E-state index contributed by atoms with van der Waals surface area (Å²) in [6.07, 6.45) is 3.89. The molecule has 3 aromatic carbocycles. The predicted octanol–water partition coefficient (Wildman–Crippen LogP) is 6.65. The number of aryl methyl sites for hydroxylation is 1. The SMILES string of the molecule is Cn1ncc(C(=O)c2ccc(Cl)c(N=C3CCCCS3=O)c2Cl)c1OCc1ccc2ccccc2c1. The van der Waals surface area contributed by atoms with E-state index in [-0.39, 0.29) is 34.2 Å². The summed E-state index contributed by atoms with van der Waals surface area (Å²) in [7, 11) is 0.550. The highest BCUT2D eigenvalue weighted by atomic mass is 35.5. The van der Waals surface area contributed by atoms with Gasteiger partial charge in [0.25, 0.3) is 0 Å². The minimum absolute atomic E-state index is 0.118. The van der Waals surface area contributed by atoms with Crippen LogP contribution in [0.4, 0.5) is 5.69 Å². The Labute approximate surface area is 221 Å². The summed E-state index contributed by atoms with van der Waals surface area (Å²) >= 11 is 13.0. The Balaban J connectivity index is 1.43. The number of hydrogen-bond donors (Lipinski definition) is 0. The molecule has 1 aliphatic rings. The molecular weight excluding hydrogens is 517 g/mol. The fourth-order valence-electron chi connectivity index (χ4n) is 4.17. The van der Waals surface area contributed by atoms with E-state index < -0.39 is 10.8 Å². The Kier molecular flexibility index (Phi) is 7.23. The number of rotatable bonds is 6. The molecule has 0 saturated carbocycles. The predicted molar refractivity (Wildman–Crippen MR) is 145 cm³/mol. The lowest BCUT2D eigenvalue weighted by Gasteiger charge is -2.14. The number of nitrogens with zero attached hydrogens (tertiary/aromatic N) is 3. The highest BCUT2D eigenvalue weighted by Crippen LogP contribution is 2.38. The molecule has 1 atom stereocenters. The first kappa shape index (κ1) is 24.7. The second-order valence-electron chi connectivity index (χ2n) is 8.56. The highest BCUT2D eigenvalue weighted by molar-refractivity contribution is 8.00. The smallest absolute Gasteiger partial charge is 0.223 e. The van der Waals surface area contributed by atoms with E-state index in [0.717, 1.165) is 29.2 Å². The number of hydrogen-bond acceptors (Lipinski definition) is 5. The Morgan fingerprint density at radius 2 is 1.89 bits per heavy atom. The standard InChI is InChI=1S/C27H23Cl2N3O3S/c1-32-27(35-16-17-9-10-18-6-2-3-7-19(18)14-17)21(15-30-32)26(33)20-11-12-22(28)25(24(20)29)31-23-8-4-5-13-36(23)34/h2-3,6-7,9-12,14-15H,4-5,8,13,16H2,1H3. The molecule has 0 amide bonds. The fourth-order valence-corrected chi connectivity index (χ4v) is 5.98. The maximum absolute atomic E-state index is 13.5. The Bertz CT molecular complexity index is 1530. The van der Waals surface area contributed by atoms with Crippen LogP contribution in [0.2, 0.25) is 10.0 Å². The van der Waals surface area contributed by atoms with Crippen LogP contribution in [0, 0.1) is 0 Å². The Morgan fingerprint density at radius 1 is 1.08 bits per heavy atom. The maximum atomic E-state index is 13.5. The quantitative estimate of drug-likeness (QED) is 0.257. The summed E-state index contributed by atoms with van der Waals surface area (Å²) in [6.45, 7) is 0.268. The summed E-state index contributed by atoms with van der Waals surface area (Å²) in [5.41, 5.74) is 1.74. The van der Waals surface area contributed by atoms with E-state index in [1.54, 1.807) is 19.2 Å². The van der Waals surface area contributed by atoms with Gasteiger partial charge in [-0.25, -0.2) is 9.67 Å². The molecule has 4 aromatic rings. The van der Waals surface area contributed by atoms with Crippen molar-refractivity contribution >= 4 is 61.3 Å². The number of fused-ring (bicyclic) bond motifs is 1. The van der Waals surface area contributed by atoms with Gasteiger partial charge in [-0.1, -0.05) is 59.6 Å². The molecule has 2 heterocycles. The van der Waals surface area contributed by atoms with Crippen LogP contribution < -0.4 is 4.74 Å². The van der Waals surface area contributed by atoms with E-state index in [1.165, 1.54) is 10.9 Å². The van der Waals surface area contributed by atoms with Gasteiger partial charge in [-0.3, -0.25) is 9.00 Å². The van der Waals surface area contributed by atoms with Crippen LogP contribution in [0.15, 0.2) is 65.8 Å². The minimum atomic E-state index is -1.16. The molecule has 1 saturated heterocycles. The number of ether oxygens (including phenoxy) is 1. The van der Waals surface area contributed by atoms with Crippen molar-refractivity contribution in [2.24, 2.45) is 12.0 Å². The normalized spacial score (nSPS) is 17.0. The van der Waals surface area contributed by atoms with Crippen LogP contribution in [0.5, 0.6) is 5.88 Å². The molecule has 184 valence electrons. The van der Waals surface area contributed by atoms with Gasteiger partial charge in [-0.15, -0.1) is 0 Å². The third-order valence-electron chi connectivity index (χ3n) is 6.10. The van der Waals surface area contributed by atoms with Gasteiger partial charge in [0, 0.05) is 18.4 Å². The van der Waals surface area contributed by atoms with E-state index in [2.05, 4.69) is 22.2 Å². The van der Waals surface area contributed by atoms with Crippen molar-refractivity contribution in [1.29, 1.82) is 0 Å². The van der Waals surface area contributed by atoms with Gasteiger partial charge in [-0.05, 0) is 53.8 Å². The average molecular weight is 540 g/mol. The van der Waals surface area contributed by atoms with Gasteiger partial charge in [0.15, 0.2) is 0 Å². The van der Waals surface area contributed by atoms with Crippen molar-refractivity contribution in [3.63, 3.8) is 0 Å². The molecular formula is C27H23Cl2N3O3S. The van der Waals surface area contributed by atoms with Crippen LogP contribution in [-0.2, 0) is 24.5 Å². The Hall–Kier alpha value is -3.00. The lowest BCUT2D eigenvalue weighted by molar-refractivity contribution is 0.103. The van der Waals surface area contributed by atoms with E-state index in [1.807, 2.05) is 30.3 Å². The summed E-state index contributed by atoms with van der Waals surface area (Å²) in [5.74, 6) is 0.547. The lowest BCUT2D eigenvalue weighted by atomic mass is 10.0. The summed E-state index contributed by atoms with van der Waals surface area (Å²) in [6, 6.07) is 17.3. The molecule has 0 bridgehead atoms. The van der Waals surface area contributed by atoms with Gasteiger partial charge >= 0.3 is 0 Å². The average Bonchev–Trinajstić information content (AvgIpc) is 3.26. The van der Waals surface area contributed by atoms with Crippen LogP contribution >= 0.6 is 23.2 Å². The largest absolute Gasteiger partial charge is 0.472 e. The number of aromatic nitrogens is 2. The van der Waals surface area contributed by atoms with Crippen molar-refractivity contribution < 1.29 is 13.7 Å². The first-order valence-electron chi connectivity index (χ1n) is 11.5. The Morgan fingerprint density at radius 3 is 2.69 bits per heavy atom. The zero-order valence-corrected chi connectivity index (χ0v) is 21.9. The van der Waals surface area contributed by atoms with Gasteiger partial charge in [0.05, 0.1) is 27.0 Å². The second-order valence-corrected chi connectivity index (χ2v) is 10.9. The third-order valence-corrected chi connectivity index (χ3v) is 8.27. The second kappa shape index (κ2) is 10.5. The van der Waals surface area contributed by atoms with Crippen LogP contribution in [0.25, 0.3) is 10.8 Å². The molecule has 5 rings (SSSR count). The number of carbonyl (C=O) groups is 1. The van der Waals surface area contributed by atoms with E-state index in [0.29, 0.717) is 28.1 Å². The van der Waals surface area contributed by atoms with Gasteiger partial charge in [0.1, 0.15) is 22.9 Å². The zero-order chi connectivity index (χ0) is 25.2. The van der Waals surface area contributed by atoms with Crippen molar-refractivity contribution in [1.82, 2.24) is 9.78 Å². The molecule has 6 nitrogen and oxygen atoms in total. The van der Waals surface area contributed by atoms with Gasteiger partial charge in [-0.2, -0.15) is 5.10 Å². The topological polar surface area (TPSA) is 73.5 Å². The first-order chi connectivity index (χ1) is 17.4. The maximum Gasteiger partial charge on any atom is 0.223 e. The summed E-state index contributed by atoms with van der Waals surface area (Å²) < 4.78 is 19.9. The summed E-state index contributed by atoms with van der Waals surface area (Å²) in [5, 5.41) is 7.45. The number of ketones is 1. The lowest BCUT2D eigenvalue weighted by Crippen LogP contribution is -2.16. The van der Waals surface area contributed by atoms with E-state index >= 15 is 0 Å². The number of aliphatic imine (C=N–C) groups is 1. The number of carbonyl (C=O) groups excluding carboxylic acids is 1. The molecule has 1 aromatic heterocycles. The van der Waals surface area contributed by atoms with Gasteiger partial charge in [0.2, 0.25) is 11.7 Å².